The van der Waals surface area contributed by atoms with Crippen LogP contribution in [-0.4, -0.2) is 27.1 Å². The number of fused-ring (bicyclic) bond motifs is 1. The van der Waals surface area contributed by atoms with Crippen LogP contribution in [0.2, 0.25) is 0 Å². The number of esters is 1. The first kappa shape index (κ1) is 21.2. The van der Waals surface area contributed by atoms with Crippen LogP contribution in [0.3, 0.4) is 0 Å². The summed E-state index contributed by atoms with van der Waals surface area (Å²) in [7, 11) is 0. The van der Waals surface area contributed by atoms with Crippen molar-refractivity contribution in [2.24, 2.45) is 0 Å². The topological polar surface area (TPSA) is 83.3 Å². The Morgan fingerprint density at radius 1 is 1.19 bits per heavy atom. The van der Waals surface area contributed by atoms with Crippen molar-refractivity contribution in [3.05, 3.63) is 73.0 Å². The van der Waals surface area contributed by atoms with Gasteiger partial charge >= 0.3 is 5.97 Å². The van der Waals surface area contributed by atoms with Gasteiger partial charge in [0.25, 0.3) is 5.56 Å². The Morgan fingerprint density at radius 3 is 2.71 bits per heavy atom. The van der Waals surface area contributed by atoms with E-state index in [-0.39, 0.29) is 12.2 Å². The van der Waals surface area contributed by atoms with Crippen molar-refractivity contribution in [1.82, 2.24) is 14.5 Å². The number of hydrogen-bond acceptors (Lipinski definition) is 8. The standard InChI is InChI=1S/C22H21N3O4S2/c1-4-28-22(27)19-14(3)18-20(31-19)23-12-25(21(18)26)9-15-11-30-17(24-15)10-29-16-7-5-13(2)6-8-16/h5-8,11-12H,4,9-10H2,1-3H3. The number of thiophene rings is 1. The summed E-state index contributed by atoms with van der Waals surface area (Å²) >= 11 is 2.67. The van der Waals surface area contributed by atoms with Crippen LogP contribution in [0, 0.1) is 13.8 Å². The maximum Gasteiger partial charge on any atom is 0.348 e. The van der Waals surface area contributed by atoms with Gasteiger partial charge in [0, 0.05) is 5.38 Å². The van der Waals surface area contributed by atoms with Crippen molar-refractivity contribution < 1.29 is 14.3 Å². The molecule has 3 heterocycles. The van der Waals surface area contributed by atoms with E-state index in [4.69, 9.17) is 9.47 Å². The predicted octanol–water partition coefficient (Wildman–Crippen LogP) is 4.34. The van der Waals surface area contributed by atoms with Crippen LogP contribution in [0.5, 0.6) is 5.75 Å². The summed E-state index contributed by atoms with van der Waals surface area (Å²) in [6, 6.07) is 7.85. The second-order valence-corrected chi connectivity index (χ2v) is 8.91. The highest BCUT2D eigenvalue weighted by Gasteiger charge is 2.20. The molecule has 0 fully saturated rings. The van der Waals surface area contributed by atoms with E-state index in [1.165, 1.54) is 39.1 Å². The summed E-state index contributed by atoms with van der Waals surface area (Å²) in [5, 5.41) is 3.19. The zero-order chi connectivity index (χ0) is 22.0. The number of benzene rings is 1. The molecular weight excluding hydrogens is 434 g/mol. The van der Waals surface area contributed by atoms with E-state index in [1.807, 2.05) is 36.6 Å². The van der Waals surface area contributed by atoms with E-state index in [1.54, 1.807) is 13.8 Å². The van der Waals surface area contributed by atoms with Gasteiger partial charge in [0.2, 0.25) is 0 Å². The summed E-state index contributed by atoms with van der Waals surface area (Å²) in [5.74, 6) is 0.366. The fraction of sp³-hybridized carbons (Fsp3) is 0.273. The van der Waals surface area contributed by atoms with Gasteiger partial charge in [-0.1, -0.05) is 17.7 Å². The molecule has 0 amide bonds. The number of aromatic nitrogens is 3. The monoisotopic (exact) mass is 455 g/mol. The van der Waals surface area contributed by atoms with Crippen LogP contribution in [0.4, 0.5) is 0 Å². The molecule has 0 aliphatic carbocycles. The number of hydrogen-bond donors (Lipinski definition) is 0. The number of nitrogens with zero attached hydrogens (tertiary/aromatic N) is 3. The Labute approximate surface area is 186 Å². The molecule has 4 aromatic rings. The molecule has 31 heavy (non-hydrogen) atoms. The molecule has 0 aliphatic rings. The van der Waals surface area contributed by atoms with Gasteiger partial charge in [-0.3, -0.25) is 9.36 Å². The van der Waals surface area contributed by atoms with Gasteiger partial charge in [-0.15, -0.1) is 22.7 Å². The molecule has 7 nitrogen and oxygen atoms in total. The fourth-order valence-electron chi connectivity index (χ4n) is 3.11. The van der Waals surface area contributed by atoms with Crippen LogP contribution in [0.25, 0.3) is 10.2 Å². The van der Waals surface area contributed by atoms with Gasteiger partial charge < -0.3 is 9.47 Å². The smallest absolute Gasteiger partial charge is 0.348 e. The molecular formula is C22H21N3O4S2. The summed E-state index contributed by atoms with van der Waals surface area (Å²) in [4.78, 5) is 35.1. The Hall–Kier alpha value is -3.04. The number of carbonyl (C=O) groups is 1. The van der Waals surface area contributed by atoms with Crippen molar-refractivity contribution in [2.45, 2.75) is 33.9 Å². The first-order chi connectivity index (χ1) is 15.0. The van der Waals surface area contributed by atoms with Crippen molar-refractivity contribution >= 4 is 38.9 Å². The van der Waals surface area contributed by atoms with Crippen LogP contribution in [0.15, 0.2) is 40.8 Å². The van der Waals surface area contributed by atoms with E-state index in [2.05, 4.69) is 9.97 Å². The van der Waals surface area contributed by atoms with Gasteiger partial charge in [-0.05, 0) is 38.5 Å². The molecule has 0 bridgehead atoms. The van der Waals surface area contributed by atoms with Crippen LogP contribution in [-0.2, 0) is 17.9 Å². The summed E-state index contributed by atoms with van der Waals surface area (Å²) < 4.78 is 12.4. The molecule has 160 valence electrons. The molecule has 0 saturated heterocycles. The third-order valence-corrected chi connectivity index (χ3v) is 6.74. The highest BCUT2D eigenvalue weighted by molar-refractivity contribution is 7.20. The molecule has 9 heteroatoms. The zero-order valence-electron chi connectivity index (χ0n) is 17.4. The summed E-state index contributed by atoms with van der Waals surface area (Å²) in [6.45, 7) is 6.48. The second-order valence-electron chi connectivity index (χ2n) is 6.97. The molecule has 0 radical (unpaired) electrons. The number of carbonyl (C=O) groups excluding carboxylic acids is 1. The fourth-order valence-corrected chi connectivity index (χ4v) is 4.83. The van der Waals surface area contributed by atoms with E-state index >= 15 is 0 Å². The lowest BCUT2D eigenvalue weighted by Crippen LogP contribution is -2.21. The van der Waals surface area contributed by atoms with Crippen molar-refractivity contribution in [3.8, 4) is 5.75 Å². The second kappa shape index (κ2) is 8.99. The maximum absolute atomic E-state index is 13.0. The minimum atomic E-state index is -0.424. The Bertz CT molecular complexity index is 1290. The molecule has 0 saturated carbocycles. The SMILES string of the molecule is CCOC(=O)c1sc2ncn(Cc3csc(COc4ccc(C)cc4)n3)c(=O)c2c1C. The molecule has 0 aliphatic heterocycles. The third kappa shape index (κ3) is 4.52. The molecule has 4 rings (SSSR count). The minimum Gasteiger partial charge on any atom is -0.486 e. The number of aryl methyl sites for hydroxylation is 2. The van der Waals surface area contributed by atoms with E-state index in [9.17, 15) is 9.59 Å². The maximum atomic E-state index is 13.0. The van der Waals surface area contributed by atoms with E-state index in [0.29, 0.717) is 33.8 Å². The average molecular weight is 456 g/mol. The molecule has 3 aromatic heterocycles. The highest BCUT2D eigenvalue weighted by Crippen LogP contribution is 2.27. The Kier molecular flexibility index (Phi) is 6.15. The lowest BCUT2D eigenvalue weighted by Gasteiger charge is -2.04. The van der Waals surface area contributed by atoms with Gasteiger partial charge in [0.15, 0.2) is 0 Å². The van der Waals surface area contributed by atoms with Crippen LogP contribution >= 0.6 is 22.7 Å². The first-order valence-corrected chi connectivity index (χ1v) is 11.4. The molecule has 0 unspecified atom stereocenters. The number of rotatable bonds is 7. The van der Waals surface area contributed by atoms with Crippen LogP contribution < -0.4 is 10.3 Å². The van der Waals surface area contributed by atoms with E-state index in [0.717, 1.165) is 16.5 Å². The Balaban J connectivity index is 1.51. The largest absolute Gasteiger partial charge is 0.486 e. The number of ether oxygens (including phenoxy) is 2. The lowest BCUT2D eigenvalue weighted by atomic mass is 10.2. The number of thiazole rings is 1. The minimum absolute atomic E-state index is 0.195. The quantitative estimate of drug-likeness (QED) is 0.386. The lowest BCUT2D eigenvalue weighted by molar-refractivity contribution is 0.0531. The van der Waals surface area contributed by atoms with Crippen LogP contribution in [0.1, 0.15) is 38.4 Å². The van der Waals surface area contributed by atoms with Gasteiger partial charge in [0.05, 0.1) is 30.6 Å². The molecule has 0 spiro atoms. The molecule has 0 N–H and O–H groups in total. The Morgan fingerprint density at radius 2 is 1.97 bits per heavy atom. The van der Waals surface area contributed by atoms with E-state index < -0.39 is 5.97 Å². The predicted molar refractivity (Wildman–Crippen MR) is 121 cm³/mol. The van der Waals surface area contributed by atoms with Crippen molar-refractivity contribution in [2.75, 3.05) is 6.61 Å². The normalized spacial score (nSPS) is 11.1. The van der Waals surface area contributed by atoms with Gasteiger partial charge in [0.1, 0.15) is 27.1 Å². The van der Waals surface area contributed by atoms with Gasteiger partial charge in [-0.25, -0.2) is 14.8 Å². The molecule has 1 aromatic carbocycles. The summed E-state index contributed by atoms with van der Waals surface area (Å²) in [5.41, 5.74) is 2.35. The zero-order valence-corrected chi connectivity index (χ0v) is 19.0. The summed E-state index contributed by atoms with van der Waals surface area (Å²) in [6.07, 6.45) is 1.50. The molecule has 0 atom stereocenters. The first-order valence-electron chi connectivity index (χ1n) is 9.74. The highest BCUT2D eigenvalue weighted by atomic mass is 32.1. The third-order valence-electron chi connectivity index (χ3n) is 4.69. The van der Waals surface area contributed by atoms with Crippen molar-refractivity contribution in [1.29, 1.82) is 0 Å². The van der Waals surface area contributed by atoms with Gasteiger partial charge in [-0.2, -0.15) is 0 Å². The van der Waals surface area contributed by atoms with Crippen molar-refractivity contribution in [3.63, 3.8) is 0 Å². The average Bonchev–Trinajstić information content (AvgIpc) is 3.34.